The van der Waals surface area contributed by atoms with Crippen molar-refractivity contribution in [2.75, 3.05) is 18.5 Å². The molecule has 0 saturated carbocycles. The SMILES string of the molecule is O=C(COc1cccc2ccccc12)Nc1cccc(S(=O)(=O)NC2=NCCC2)c1. The Morgan fingerprint density at radius 2 is 1.83 bits per heavy atom. The molecule has 1 amide bonds. The van der Waals surface area contributed by atoms with Gasteiger partial charge in [0.2, 0.25) is 0 Å². The number of sulfonamides is 1. The highest BCUT2D eigenvalue weighted by Crippen LogP contribution is 2.25. The van der Waals surface area contributed by atoms with Gasteiger partial charge in [-0.2, -0.15) is 0 Å². The van der Waals surface area contributed by atoms with Gasteiger partial charge in [-0.3, -0.25) is 14.5 Å². The van der Waals surface area contributed by atoms with Gasteiger partial charge in [-0.05, 0) is 36.1 Å². The first-order chi connectivity index (χ1) is 14.5. The number of nitrogens with zero attached hydrogens (tertiary/aromatic N) is 1. The van der Waals surface area contributed by atoms with Crippen LogP contribution >= 0.6 is 0 Å². The maximum atomic E-state index is 12.5. The number of ether oxygens (including phenoxy) is 1. The van der Waals surface area contributed by atoms with E-state index < -0.39 is 10.0 Å². The molecule has 0 unspecified atom stereocenters. The van der Waals surface area contributed by atoms with Gasteiger partial charge in [0.15, 0.2) is 6.61 Å². The number of anilines is 1. The molecule has 0 fully saturated rings. The van der Waals surface area contributed by atoms with Crippen molar-refractivity contribution in [2.45, 2.75) is 17.7 Å². The molecule has 154 valence electrons. The number of amidine groups is 1. The summed E-state index contributed by atoms with van der Waals surface area (Å²) < 4.78 is 33.2. The largest absolute Gasteiger partial charge is 0.483 e. The van der Waals surface area contributed by atoms with E-state index >= 15 is 0 Å². The van der Waals surface area contributed by atoms with Crippen LogP contribution < -0.4 is 14.8 Å². The summed E-state index contributed by atoms with van der Waals surface area (Å²) in [5, 5.41) is 4.62. The molecular formula is C22H21N3O4S. The number of aliphatic imine (C=N–C) groups is 1. The van der Waals surface area contributed by atoms with E-state index in [2.05, 4.69) is 15.0 Å². The summed E-state index contributed by atoms with van der Waals surface area (Å²) in [6.45, 7) is 0.435. The Balaban J connectivity index is 1.41. The predicted molar refractivity (Wildman–Crippen MR) is 116 cm³/mol. The summed E-state index contributed by atoms with van der Waals surface area (Å²) >= 11 is 0. The second kappa shape index (κ2) is 8.54. The lowest BCUT2D eigenvalue weighted by Crippen LogP contribution is -2.29. The molecule has 0 aliphatic carbocycles. The van der Waals surface area contributed by atoms with Crippen molar-refractivity contribution < 1.29 is 17.9 Å². The van der Waals surface area contributed by atoms with E-state index in [0.717, 1.165) is 17.2 Å². The van der Waals surface area contributed by atoms with Crippen LogP contribution in [0.3, 0.4) is 0 Å². The van der Waals surface area contributed by atoms with Crippen molar-refractivity contribution in [1.29, 1.82) is 0 Å². The van der Waals surface area contributed by atoms with Crippen molar-refractivity contribution in [3.05, 3.63) is 66.7 Å². The zero-order valence-corrected chi connectivity index (χ0v) is 17.0. The molecule has 0 radical (unpaired) electrons. The van der Waals surface area contributed by atoms with Crippen molar-refractivity contribution in [3.8, 4) is 5.75 Å². The number of carbonyl (C=O) groups is 1. The molecule has 0 spiro atoms. The fourth-order valence-corrected chi connectivity index (χ4v) is 4.37. The van der Waals surface area contributed by atoms with Gasteiger partial charge in [0.1, 0.15) is 11.6 Å². The third-order valence-corrected chi connectivity index (χ3v) is 6.04. The van der Waals surface area contributed by atoms with Crippen molar-refractivity contribution >= 4 is 38.2 Å². The summed E-state index contributed by atoms with van der Waals surface area (Å²) in [4.78, 5) is 16.5. The van der Waals surface area contributed by atoms with Crippen LogP contribution in [0, 0.1) is 0 Å². The van der Waals surface area contributed by atoms with Gasteiger partial charge in [0.25, 0.3) is 15.9 Å². The van der Waals surface area contributed by atoms with Gasteiger partial charge in [-0.1, -0.05) is 42.5 Å². The molecule has 0 atom stereocenters. The molecule has 7 nitrogen and oxygen atoms in total. The normalized spacial score (nSPS) is 13.7. The quantitative estimate of drug-likeness (QED) is 0.636. The molecule has 3 aromatic carbocycles. The number of hydrogen-bond acceptors (Lipinski definition) is 5. The highest BCUT2D eigenvalue weighted by molar-refractivity contribution is 7.90. The van der Waals surface area contributed by atoms with Crippen molar-refractivity contribution in [2.24, 2.45) is 4.99 Å². The van der Waals surface area contributed by atoms with E-state index in [4.69, 9.17) is 4.74 Å². The predicted octanol–water partition coefficient (Wildman–Crippen LogP) is 3.33. The Kier molecular flexibility index (Phi) is 5.67. The number of amides is 1. The minimum atomic E-state index is -3.74. The van der Waals surface area contributed by atoms with E-state index in [0.29, 0.717) is 30.2 Å². The van der Waals surface area contributed by atoms with E-state index in [1.807, 2.05) is 36.4 Å². The van der Waals surface area contributed by atoms with Gasteiger partial charge < -0.3 is 10.1 Å². The number of fused-ring (bicyclic) bond motifs is 1. The van der Waals surface area contributed by atoms with Gasteiger partial charge >= 0.3 is 0 Å². The summed E-state index contributed by atoms with van der Waals surface area (Å²) in [6, 6.07) is 19.5. The fraction of sp³-hybridized carbons (Fsp3) is 0.182. The smallest absolute Gasteiger partial charge is 0.262 e. The van der Waals surface area contributed by atoms with Gasteiger partial charge in [-0.15, -0.1) is 0 Å². The van der Waals surface area contributed by atoms with Crippen LogP contribution in [0.1, 0.15) is 12.8 Å². The van der Waals surface area contributed by atoms with Gasteiger partial charge in [0, 0.05) is 24.0 Å². The molecule has 4 rings (SSSR count). The Bertz CT molecular complexity index is 1220. The number of hydrogen-bond donors (Lipinski definition) is 2. The number of benzene rings is 3. The summed E-state index contributed by atoms with van der Waals surface area (Å²) in [5.41, 5.74) is 0.373. The molecule has 1 heterocycles. The lowest BCUT2D eigenvalue weighted by Gasteiger charge is -2.11. The van der Waals surface area contributed by atoms with Gasteiger partial charge in [0.05, 0.1) is 4.90 Å². The second-order valence-corrected chi connectivity index (χ2v) is 8.56. The van der Waals surface area contributed by atoms with Crippen LogP contribution in [0.4, 0.5) is 5.69 Å². The van der Waals surface area contributed by atoms with Crippen LogP contribution in [-0.4, -0.2) is 33.3 Å². The molecule has 1 aliphatic heterocycles. The zero-order chi connectivity index (χ0) is 21.0. The number of nitrogens with one attached hydrogen (secondary N) is 2. The molecule has 0 aromatic heterocycles. The lowest BCUT2D eigenvalue weighted by molar-refractivity contribution is -0.118. The maximum absolute atomic E-state index is 12.5. The van der Waals surface area contributed by atoms with Crippen LogP contribution in [0.15, 0.2) is 76.6 Å². The van der Waals surface area contributed by atoms with Crippen LogP contribution in [-0.2, 0) is 14.8 Å². The molecule has 30 heavy (non-hydrogen) atoms. The standard InChI is InChI=1S/C22H21N3O4S/c26-22(15-29-20-11-3-7-16-6-1-2-10-19(16)20)24-17-8-4-9-18(14-17)30(27,28)25-21-12-5-13-23-21/h1-4,6-11,14H,5,12-13,15H2,(H,23,25)(H,24,26). The summed E-state index contributed by atoms with van der Waals surface area (Å²) in [5.74, 6) is 0.694. The minimum Gasteiger partial charge on any atom is -0.483 e. The minimum absolute atomic E-state index is 0.0601. The summed E-state index contributed by atoms with van der Waals surface area (Å²) in [7, 11) is -3.74. The monoisotopic (exact) mass is 423 g/mol. The third-order valence-electron chi connectivity index (χ3n) is 4.66. The van der Waals surface area contributed by atoms with Crippen molar-refractivity contribution in [1.82, 2.24) is 4.72 Å². The van der Waals surface area contributed by atoms with E-state index in [9.17, 15) is 13.2 Å². The Labute approximate surface area is 174 Å². The van der Waals surface area contributed by atoms with E-state index in [1.165, 1.54) is 12.1 Å². The highest BCUT2D eigenvalue weighted by Gasteiger charge is 2.19. The maximum Gasteiger partial charge on any atom is 0.262 e. The van der Waals surface area contributed by atoms with Crippen LogP contribution in [0.5, 0.6) is 5.75 Å². The van der Waals surface area contributed by atoms with Crippen molar-refractivity contribution in [3.63, 3.8) is 0 Å². The first-order valence-electron chi connectivity index (χ1n) is 9.58. The Morgan fingerprint density at radius 3 is 2.67 bits per heavy atom. The fourth-order valence-electron chi connectivity index (χ4n) is 3.24. The van der Waals surface area contributed by atoms with E-state index in [-0.39, 0.29) is 17.4 Å². The average Bonchev–Trinajstić information content (AvgIpc) is 3.25. The van der Waals surface area contributed by atoms with Crippen LogP contribution in [0.25, 0.3) is 10.8 Å². The molecule has 1 aliphatic rings. The molecule has 0 saturated heterocycles. The van der Waals surface area contributed by atoms with Gasteiger partial charge in [-0.25, -0.2) is 8.42 Å². The molecule has 2 N–H and O–H groups in total. The Hall–Kier alpha value is -3.39. The molecule has 8 heteroatoms. The number of carbonyl (C=O) groups excluding carboxylic acids is 1. The molecular weight excluding hydrogens is 402 g/mol. The first-order valence-corrected chi connectivity index (χ1v) is 11.1. The van der Waals surface area contributed by atoms with Crippen LogP contribution in [0.2, 0.25) is 0 Å². The molecule has 3 aromatic rings. The van der Waals surface area contributed by atoms with E-state index in [1.54, 1.807) is 18.2 Å². The summed E-state index contributed by atoms with van der Waals surface area (Å²) in [6.07, 6.45) is 1.45. The second-order valence-electron chi connectivity index (χ2n) is 6.88. The first kappa shape index (κ1) is 19.9. The zero-order valence-electron chi connectivity index (χ0n) is 16.2. The highest BCUT2D eigenvalue weighted by atomic mass is 32.2. The topological polar surface area (TPSA) is 96.9 Å². The Morgan fingerprint density at radius 1 is 1.03 bits per heavy atom. The molecule has 0 bridgehead atoms. The average molecular weight is 423 g/mol. The lowest BCUT2D eigenvalue weighted by atomic mass is 10.1. The third kappa shape index (κ3) is 4.60. The number of rotatable bonds is 6.